The third-order valence-corrected chi connectivity index (χ3v) is 2.47. The molecule has 0 heterocycles. The molecule has 0 aromatic heterocycles. The zero-order valence-corrected chi connectivity index (χ0v) is 7.84. The standard InChI is InChI=1S/C11H18O/c1-2-11(12)9-5-8-10-6-3-4-7-10/h10-12H,2-4,6-7,9H2,1H3. The minimum atomic E-state index is -0.209. The molecule has 1 atom stereocenters. The Morgan fingerprint density at radius 1 is 1.42 bits per heavy atom. The molecule has 0 aliphatic heterocycles. The summed E-state index contributed by atoms with van der Waals surface area (Å²) in [5, 5.41) is 9.23. The summed E-state index contributed by atoms with van der Waals surface area (Å²) in [7, 11) is 0. The van der Waals surface area contributed by atoms with Gasteiger partial charge in [0.05, 0.1) is 6.10 Å². The van der Waals surface area contributed by atoms with Gasteiger partial charge in [-0.05, 0) is 19.3 Å². The molecule has 1 saturated carbocycles. The zero-order valence-electron chi connectivity index (χ0n) is 7.84. The monoisotopic (exact) mass is 166 g/mol. The fraction of sp³-hybridized carbons (Fsp3) is 0.818. The van der Waals surface area contributed by atoms with Crippen LogP contribution in [0, 0.1) is 17.8 Å². The molecule has 1 aliphatic carbocycles. The number of rotatable bonds is 2. The molecule has 1 aliphatic rings. The maximum atomic E-state index is 9.23. The second-order valence-corrected chi connectivity index (χ2v) is 3.57. The second kappa shape index (κ2) is 5.22. The molecule has 0 radical (unpaired) electrons. The van der Waals surface area contributed by atoms with Crippen molar-refractivity contribution in [2.24, 2.45) is 5.92 Å². The van der Waals surface area contributed by atoms with E-state index < -0.39 is 0 Å². The van der Waals surface area contributed by atoms with Crippen LogP contribution in [0.25, 0.3) is 0 Å². The van der Waals surface area contributed by atoms with Gasteiger partial charge < -0.3 is 5.11 Å². The van der Waals surface area contributed by atoms with Gasteiger partial charge in [-0.25, -0.2) is 0 Å². The van der Waals surface area contributed by atoms with Crippen LogP contribution in [0.2, 0.25) is 0 Å². The summed E-state index contributed by atoms with van der Waals surface area (Å²) in [6, 6.07) is 0. The maximum Gasteiger partial charge on any atom is 0.0646 e. The lowest BCUT2D eigenvalue weighted by atomic mass is 10.1. The Labute approximate surface area is 75.2 Å². The summed E-state index contributed by atoms with van der Waals surface area (Å²) >= 11 is 0. The van der Waals surface area contributed by atoms with Crippen LogP contribution in [0.4, 0.5) is 0 Å². The SMILES string of the molecule is CCC(O)CC#CC1CCCC1. The highest BCUT2D eigenvalue weighted by Gasteiger charge is 2.11. The number of aliphatic hydroxyl groups excluding tert-OH is 1. The minimum absolute atomic E-state index is 0.209. The fourth-order valence-corrected chi connectivity index (χ4v) is 1.54. The van der Waals surface area contributed by atoms with Gasteiger partial charge in [0, 0.05) is 12.3 Å². The molecule has 1 unspecified atom stereocenters. The van der Waals surface area contributed by atoms with Gasteiger partial charge >= 0.3 is 0 Å². The van der Waals surface area contributed by atoms with E-state index in [-0.39, 0.29) is 6.10 Å². The van der Waals surface area contributed by atoms with Gasteiger partial charge in [0.2, 0.25) is 0 Å². The van der Waals surface area contributed by atoms with Gasteiger partial charge in [-0.3, -0.25) is 0 Å². The molecule has 0 aromatic rings. The Kier molecular flexibility index (Phi) is 4.18. The van der Waals surface area contributed by atoms with Crippen LogP contribution in [-0.2, 0) is 0 Å². The third-order valence-electron chi connectivity index (χ3n) is 2.47. The van der Waals surface area contributed by atoms with E-state index in [4.69, 9.17) is 0 Å². The fourth-order valence-electron chi connectivity index (χ4n) is 1.54. The van der Waals surface area contributed by atoms with E-state index in [1.54, 1.807) is 0 Å². The average Bonchev–Trinajstić information content (AvgIpc) is 2.57. The Balaban J connectivity index is 2.18. The quantitative estimate of drug-likeness (QED) is 0.624. The molecule has 1 fully saturated rings. The zero-order chi connectivity index (χ0) is 8.81. The molecule has 0 amide bonds. The Morgan fingerprint density at radius 3 is 2.67 bits per heavy atom. The lowest BCUT2D eigenvalue weighted by Crippen LogP contribution is -2.01. The molecule has 0 spiro atoms. The van der Waals surface area contributed by atoms with Crippen molar-refractivity contribution in [2.45, 2.75) is 51.6 Å². The largest absolute Gasteiger partial charge is 0.392 e. The molecule has 0 aromatic carbocycles. The summed E-state index contributed by atoms with van der Waals surface area (Å²) in [6.07, 6.45) is 6.50. The predicted octanol–water partition coefficient (Wildman–Crippen LogP) is 2.34. The van der Waals surface area contributed by atoms with Crippen molar-refractivity contribution in [1.29, 1.82) is 0 Å². The molecule has 1 N–H and O–H groups in total. The Hall–Kier alpha value is -0.480. The highest BCUT2D eigenvalue weighted by Crippen LogP contribution is 2.23. The van der Waals surface area contributed by atoms with Crippen molar-refractivity contribution >= 4 is 0 Å². The van der Waals surface area contributed by atoms with Crippen molar-refractivity contribution < 1.29 is 5.11 Å². The van der Waals surface area contributed by atoms with E-state index in [2.05, 4.69) is 11.8 Å². The molecule has 1 heteroatoms. The Morgan fingerprint density at radius 2 is 2.08 bits per heavy atom. The summed E-state index contributed by atoms with van der Waals surface area (Å²) < 4.78 is 0. The average molecular weight is 166 g/mol. The van der Waals surface area contributed by atoms with Crippen LogP contribution in [0.15, 0.2) is 0 Å². The number of hydrogen-bond acceptors (Lipinski definition) is 1. The van der Waals surface area contributed by atoms with Gasteiger partial charge in [0.25, 0.3) is 0 Å². The lowest BCUT2D eigenvalue weighted by molar-refractivity contribution is 0.176. The highest BCUT2D eigenvalue weighted by atomic mass is 16.3. The van der Waals surface area contributed by atoms with Gasteiger partial charge in [-0.15, -0.1) is 5.92 Å². The molecule has 1 nitrogen and oxygen atoms in total. The molecule has 0 bridgehead atoms. The van der Waals surface area contributed by atoms with Crippen molar-refractivity contribution in [1.82, 2.24) is 0 Å². The van der Waals surface area contributed by atoms with E-state index in [1.165, 1.54) is 25.7 Å². The van der Waals surface area contributed by atoms with Crippen molar-refractivity contribution in [3.05, 3.63) is 0 Å². The first-order valence-electron chi connectivity index (χ1n) is 4.99. The van der Waals surface area contributed by atoms with Crippen LogP contribution in [0.1, 0.15) is 45.4 Å². The normalized spacial score (nSPS) is 20.2. The maximum absolute atomic E-state index is 9.23. The van der Waals surface area contributed by atoms with Gasteiger partial charge in [0.1, 0.15) is 0 Å². The van der Waals surface area contributed by atoms with Crippen LogP contribution in [0.3, 0.4) is 0 Å². The lowest BCUT2D eigenvalue weighted by Gasteiger charge is -2.00. The second-order valence-electron chi connectivity index (χ2n) is 3.57. The minimum Gasteiger partial charge on any atom is -0.392 e. The first-order chi connectivity index (χ1) is 5.83. The van der Waals surface area contributed by atoms with E-state index in [1.807, 2.05) is 6.92 Å². The van der Waals surface area contributed by atoms with Crippen LogP contribution in [-0.4, -0.2) is 11.2 Å². The molecular weight excluding hydrogens is 148 g/mol. The summed E-state index contributed by atoms with van der Waals surface area (Å²) in [4.78, 5) is 0. The van der Waals surface area contributed by atoms with E-state index in [9.17, 15) is 5.11 Å². The first-order valence-corrected chi connectivity index (χ1v) is 4.99. The van der Waals surface area contributed by atoms with E-state index >= 15 is 0 Å². The van der Waals surface area contributed by atoms with Gasteiger partial charge in [0.15, 0.2) is 0 Å². The molecule has 1 rings (SSSR count). The first kappa shape index (κ1) is 9.61. The van der Waals surface area contributed by atoms with Gasteiger partial charge in [-0.1, -0.05) is 25.7 Å². The molecule has 0 saturated heterocycles. The number of hydrogen-bond donors (Lipinski definition) is 1. The molecular formula is C11H18O. The van der Waals surface area contributed by atoms with Crippen molar-refractivity contribution in [3.8, 4) is 11.8 Å². The van der Waals surface area contributed by atoms with Gasteiger partial charge in [-0.2, -0.15) is 0 Å². The molecule has 12 heavy (non-hydrogen) atoms. The summed E-state index contributed by atoms with van der Waals surface area (Å²) in [6.45, 7) is 1.99. The van der Waals surface area contributed by atoms with E-state index in [0.29, 0.717) is 12.3 Å². The van der Waals surface area contributed by atoms with Crippen LogP contribution < -0.4 is 0 Å². The van der Waals surface area contributed by atoms with E-state index in [0.717, 1.165) is 6.42 Å². The molecule has 68 valence electrons. The topological polar surface area (TPSA) is 20.2 Å². The predicted molar refractivity (Wildman–Crippen MR) is 50.6 cm³/mol. The summed E-state index contributed by atoms with van der Waals surface area (Å²) in [5.74, 6) is 6.95. The van der Waals surface area contributed by atoms with Crippen LogP contribution >= 0.6 is 0 Å². The van der Waals surface area contributed by atoms with Crippen molar-refractivity contribution in [3.63, 3.8) is 0 Å². The van der Waals surface area contributed by atoms with Crippen LogP contribution in [0.5, 0.6) is 0 Å². The summed E-state index contributed by atoms with van der Waals surface area (Å²) in [5.41, 5.74) is 0. The number of aliphatic hydroxyl groups is 1. The van der Waals surface area contributed by atoms with Crippen molar-refractivity contribution in [2.75, 3.05) is 0 Å². The smallest absolute Gasteiger partial charge is 0.0646 e. The Bertz CT molecular complexity index is 169. The third kappa shape index (κ3) is 3.28. The highest BCUT2D eigenvalue weighted by molar-refractivity contribution is 5.05.